The van der Waals surface area contributed by atoms with E-state index in [1.807, 2.05) is 6.08 Å². The lowest BCUT2D eigenvalue weighted by atomic mass is 9.94. The van der Waals surface area contributed by atoms with Crippen LogP contribution in [0, 0.1) is 11.3 Å². The van der Waals surface area contributed by atoms with Gasteiger partial charge in [0, 0.05) is 38.3 Å². The number of benzene rings is 6. The molecule has 3 heteroatoms. The highest BCUT2D eigenvalue weighted by Crippen LogP contribution is 2.41. The van der Waals surface area contributed by atoms with Gasteiger partial charge in [0.25, 0.3) is 0 Å². The van der Waals surface area contributed by atoms with E-state index in [1.165, 1.54) is 76.6 Å². The number of fused-ring (bicyclic) bond motifs is 8. The van der Waals surface area contributed by atoms with Gasteiger partial charge in [0.2, 0.25) is 0 Å². The van der Waals surface area contributed by atoms with E-state index in [-0.39, 0.29) is 0 Å². The minimum Gasteiger partial charge on any atom is -0.333 e. The Kier molecular flexibility index (Phi) is 6.51. The predicted molar refractivity (Wildman–Crippen MR) is 210 cm³/mol. The molecule has 0 amide bonds. The molecule has 0 N–H and O–H groups in total. The van der Waals surface area contributed by atoms with Gasteiger partial charge in [0.05, 0.1) is 28.7 Å². The average Bonchev–Trinajstić information content (AvgIpc) is 3.71. The fraction of sp³-hybridized carbons (Fsp3) is 0.0851. The van der Waals surface area contributed by atoms with Crippen molar-refractivity contribution in [3.8, 4) is 22.9 Å². The molecule has 1 atom stereocenters. The number of aromatic nitrogens is 2. The number of allylic oxidation sites excluding steroid dienone is 8. The second kappa shape index (κ2) is 11.4. The maximum Gasteiger partial charge on any atom is 0.0947 e. The van der Waals surface area contributed by atoms with E-state index in [4.69, 9.17) is 0 Å². The van der Waals surface area contributed by atoms with E-state index in [9.17, 15) is 5.26 Å². The van der Waals surface area contributed by atoms with Gasteiger partial charge in [-0.25, -0.2) is 0 Å². The fourth-order valence-corrected chi connectivity index (χ4v) is 8.35. The van der Waals surface area contributed by atoms with Gasteiger partial charge in [-0.2, -0.15) is 5.26 Å². The lowest BCUT2D eigenvalue weighted by molar-refractivity contribution is 0.648. The fourth-order valence-electron chi connectivity index (χ4n) is 8.35. The topological polar surface area (TPSA) is 33.6 Å². The van der Waals surface area contributed by atoms with Crippen LogP contribution in [0.1, 0.15) is 30.9 Å². The van der Waals surface area contributed by atoms with Crippen molar-refractivity contribution in [1.82, 2.24) is 9.13 Å². The first-order valence-electron chi connectivity index (χ1n) is 17.5. The van der Waals surface area contributed by atoms with Gasteiger partial charge < -0.3 is 9.13 Å². The molecule has 1 unspecified atom stereocenters. The Morgan fingerprint density at radius 1 is 0.580 bits per heavy atom. The Labute approximate surface area is 290 Å². The number of hydrogen-bond acceptors (Lipinski definition) is 1. The number of rotatable bonds is 4. The smallest absolute Gasteiger partial charge is 0.0947 e. The number of para-hydroxylation sites is 2. The molecule has 6 aromatic carbocycles. The standard InChI is InChI=1S/C47H33N3/c48-30-31-14-16-32(17-15-31)33-18-23-38(24-19-33)49-43-12-6-4-10-40(43)42-29-35(21-26-45(42)49)34-20-25-39-36(28-34)22-27-46-47(39)41-11-5-7-13-44(41)50(46)37-8-2-1-3-9-37/h1-8,10-14,16,18-29,37H,9,15,17H2. The third-order valence-electron chi connectivity index (χ3n) is 10.8. The van der Waals surface area contributed by atoms with E-state index in [1.54, 1.807) is 0 Å². The van der Waals surface area contributed by atoms with Crippen LogP contribution >= 0.6 is 0 Å². The predicted octanol–water partition coefficient (Wildman–Crippen LogP) is 12.4. The van der Waals surface area contributed by atoms with E-state index >= 15 is 0 Å². The Hall–Kier alpha value is -6.37. The first kappa shape index (κ1) is 28.6. The molecule has 2 heterocycles. The van der Waals surface area contributed by atoms with Gasteiger partial charge in [-0.05, 0) is 107 Å². The molecule has 3 nitrogen and oxygen atoms in total. The molecule has 0 bridgehead atoms. The first-order valence-corrected chi connectivity index (χ1v) is 17.5. The van der Waals surface area contributed by atoms with Crippen molar-refractivity contribution in [3.05, 3.63) is 169 Å². The summed E-state index contributed by atoms with van der Waals surface area (Å²) in [7, 11) is 0. The Morgan fingerprint density at radius 3 is 2.12 bits per heavy atom. The van der Waals surface area contributed by atoms with Crippen molar-refractivity contribution in [3.63, 3.8) is 0 Å². The number of nitrogens with zero attached hydrogens (tertiary/aromatic N) is 3. The Bertz CT molecular complexity index is 2840. The van der Waals surface area contributed by atoms with Crippen LogP contribution in [0.3, 0.4) is 0 Å². The summed E-state index contributed by atoms with van der Waals surface area (Å²) in [5.41, 5.74) is 11.9. The monoisotopic (exact) mass is 639 g/mol. The van der Waals surface area contributed by atoms with Crippen LogP contribution in [0.4, 0.5) is 0 Å². The van der Waals surface area contributed by atoms with Crippen LogP contribution in [-0.4, -0.2) is 9.13 Å². The summed E-state index contributed by atoms with van der Waals surface area (Å²) in [5.74, 6) is 0. The van der Waals surface area contributed by atoms with Gasteiger partial charge in [-0.3, -0.25) is 0 Å². The number of hydrogen-bond donors (Lipinski definition) is 0. The van der Waals surface area contributed by atoms with E-state index < -0.39 is 0 Å². The van der Waals surface area contributed by atoms with Crippen LogP contribution in [0.25, 0.3) is 76.8 Å². The molecule has 0 fully saturated rings. The summed E-state index contributed by atoms with van der Waals surface area (Å²) in [5, 5.41) is 16.9. The molecule has 0 saturated carbocycles. The first-order chi connectivity index (χ1) is 24.7. The third kappa shape index (κ3) is 4.42. The maximum atomic E-state index is 9.24. The lowest BCUT2D eigenvalue weighted by Gasteiger charge is -2.18. The van der Waals surface area contributed by atoms with Gasteiger partial charge in [0.1, 0.15) is 0 Å². The second-order valence-electron chi connectivity index (χ2n) is 13.5. The van der Waals surface area contributed by atoms with Gasteiger partial charge >= 0.3 is 0 Å². The van der Waals surface area contributed by atoms with E-state index in [0.717, 1.165) is 30.5 Å². The zero-order valence-corrected chi connectivity index (χ0v) is 27.6. The summed E-state index contributed by atoms with van der Waals surface area (Å²) < 4.78 is 4.90. The molecule has 50 heavy (non-hydrogen) atoms. The van der Waals surface area contributed by atoms with Crippen LogP contribution < -0.4 is 0 Å². The molecule has 236 valence electrons. The van der Waals surface area contributed by atoms with Gasteiger partial charge in [0.15, 0.2) is 0 Å². The van der Waals surface area contributed by atoms with Crippen molar-refractivity contribution < 1.29 is 0 Å². The Balaban J connectivity index is 1.07. The zero-order valence-electron chi connectivity index (χ0n) is 27.6. The summed E-state index contributed by atoms with van der Waals surface area (Å²) in [6.07, 6.45) is 15.7. The molecule has 0 aliphatic heterocycles. The van der Waals surface area contributed by atoms with Crippen molar-refractivity contribution >= 4 is 60.0 Å². The minimum absolute atomic E-state index is 0.316. The van der Waals surface area contributed by atoms with Gasteiger partial charge in [-0.15, -0.1) is 0 Å². The third-order valence-corrected chi connectivity index (χ3v) is 10.8. The molecular weight excluding hydrogens is 607 g/mol. The molecule has 8 aromatic rings. The summed E-state index contributed by atoms with van der Waals surface area (Å²) in [4.78, 5) is 0. The molecule has 2 aromatic heterocycles. The SMILES string of the molecule is N#CC1=CC=C(c2ccc(-n3c4ccccc4c4cc(-c5ccc6c(ccc7c6c6ccccc6n7C6C=CC=CC6)c5)ccc43)cc2)CC1. The normalized spacial score (nSPS) is 16.0. The van der Waals surface area contributed by atoms with Crippen molar-refractivity contribution in [2.24, 2.45) is 0 Å². The zero-order chi connectivity index (χ0) is 33.2. The van der Waals surface area contributed by atoms with Crippen molar-refractivity contribution in [1.29, 1.82) is 5.26 Å². The summed E-state index contributed by atoms with van der Waals surface area (Å²) in [6.45, 7) is 0. The molecule has 2 aliphatic carbocycles. The quantitative estimate of drug-likeness (QED) is 0.189. The highest BCUT2D eigenvalue weighted by Gasteiger charge is 2.19. The van der Waals surface area contributed by atoms with Crippen molar-refractivity contribution in [2.45, 2.75) is 25.3 Å². The average molecular weight is 640 g/mol. The highest BCUT2D eigenvalue weighted by atomic mass is 15.0. The molecular formula is C47H33N3. The van der Waals surface area contributed by atoms with E-state index in [0.29, 0.717) is 6.04 Å². The summed E-state index contributed by atoms with van der Waals surface area (Å²) >= 11 is 0. The van der Waals surface area contributed by atoms with Crippen molar-refractivity contribution in [2.75, 3.05) is 0 Å². The lowest BCUT2D eigenvalue weighted by Crippen LogP contribution is -2.06. The highest BCUT2D eigenvalue weighted by molar-refractivity contribution is 6.21. The Morgan fingerprint density at radius 2 is 1.32 bits per heavy atom. The van der Waals surface area contributed by atoms with Crippen LogP contribution in [0.5, 0.6) is 0 Å². The summed E-state index contributed by atoms with van der Waals surface area (Å²) in [6, 6.07) is 47.6. The van der Waals surface area contributed by atoms with E-state index in [2.05, 4.69) is 167 Å². The van der Waals surface area contributed by atoms with Crippen LogP contribution in [0.2, 0.25) is 0 Å². The largest absolute Gasteiger partial charge is 0.333 e. The number of nitriles is 1. The molecule has 0 spiro atoms. The maximum absolute atomic E-state index is 9.24. The molecule has 2 aliphatic rings. The minimum atomic E-state index is 0.316. The molecule has 10 rings (SSSR count). The second-order valence-corrected chi connectivity index (χ2v) is 13.5. The van der Waals surface area contributed by atoms with Crippen LogP contribution in [-0.2, 0) is 0 Å². The van der Waals surface area contributed by atoms with Gasteiger partial charge in [-0.1, -0.05) is 103 Å². The molecule has 0 saturated heterocycles. The molecule has 0 radical (unpaired) electrons. The van der Waals surface area contributed by atoms with Crippen LogP contribution in [0.15, 0.2) is 163 Å².